The van der Waals surface area contributed by atoms with Gasteiger partial charge < -0.3 is 15.5 Å². The van der Waals surface area contributed by atoms with Crippen molar-refractivity contribution in [2.75, 3.05) is 11.4 Å². The van der Waals surface area contributed by atoms with Crippen molar-refractivity contribution in [3.05, 3.63) is 65.7 Å². The molecule has 1 heterocycles. The van der Waals surface area contributed by atoms with Crippen molar-refractivity contribution in [2.24, 2.45) is 0 Å². The van der Waals surface area contributed by atoms with Crippen LogP contribution in [0.2, 0.25) is 0 Å². The summed E-state index contributed by atoms with van der Waals surface area (Å²) in [6.07, 6.45) is 0.856. The van der Waals surface area contributed by atoms with Gasteiger partial charge in [-0.3, -0.25) is 4.79 Å². The van der Waals surface area contributed by atoms with Crippen molar-refractivity contribution < 1.29 is 9.59 Å². The lowest BCUT2D eigenvalue weighted by Crippen LogP contribution is -2.49. The highest BCUT2D eigenvalue weighted by Crippen LogP contribution is 2.27. The minimum Gasteiger partial charge on any atom is -0.334 e. The van der Waals surface area contributed by atoms with E-state index in [1.165, 1.54) is 5.56 Å². The summed E-state index contributed by atoms with van der Waals surface area (Å²) in [5, 5.41) is 5.49. The van der Waals surface area contributed by atoms with Gasteiger partial charge in [-0.1, -0.05) is 48.5 Å². The molecule has 2 N–H and O–H groups in total. The van der Waals surface area contributed by atoms with Crippen molar-refractivity contribution in [2.45, 2.75) is 25.9 Å². The SMILES string of the molecule is CC(NC(=O)NCc1ccccc1)C(=O)N1CCc2ccccc21. The number of nitrogens with zero attached hydrogens (tertiary/aromatic N) is 1. The van der Waals surface area contributed by atoms with Crippen LogP contribution in [-0.4, -0.2) is 24.5 Å². The monoisotopic (exact) mass is 323 g/mol. The highest BCUT2D eigenvalue weighted by molar-refractivity contribution is 6.00. The molecule has 1 unspecified atom stereocenters. The molecule has 0 radical (unpaired) electrons. The van der Waals surface area contributed by atoms with E-state index in [9.17, 15) is 9.59 Å². The summed E-state index contributed by atoms with van der Waals surface area (Å²) >= 11 is 0. The molecule has 0 fully saturated rings. The van der Waals surface area contributed by atoms with Gasteiger partial charge in [0, 0.05) is 18.8 Å². The van der Waals surface area contributed by atoms with Crippen LogP contribution < -0.4 is 15.5 Å². The van der Waals surface area contributed by atoms with Gasteiger partial charge in [0.25, 0.3) is 0 Å². The molecule has 5 nitrogen and oxygen atoms in total. The zero-order chi connectivity index (χ0) is 16.9. The number of para-hydroxylation sites is 1. The molecule has 5 heteroatoms. The first-order valence-electron chi connectivity index (χ1n) is 8.13. The second kappa shape index (κ2) is 7.17. The predicted molar refractivity (Wildman–Crippen MR) is 93.8 cm³/mol. The number of nitrogens with one attached hydrogen (secondary N) is 2. The number of carbonyl (C=O) groups is 2. The molecule has 0 bridgehead atoms. The zero-order valence-corrected chi connectivity index (χ0v) is 13.7. The molecule has 1 aliphatic heterocycles. The number of fused-ring (bicyclic) bond motifs is 1. The maximum absolute atomic E-state index is 12.6. The van der Waals surface area contributed by atoms with Crippen molar-refractivity contribution in [3.8, 4) is 0 Å². The maximum atomic E-state index is 12.6. The molecule has 24 heavy (non-hydrogen) atoms. The molecular weight excluding hydrogens is 302 g/mol. The van der Waals surface area contributed by atoms with Gasteiger partial charge in [-0.25, -0.2) is 4.79 Å². The fourth-order valence-corrected chi connectivity index (χ4v) is 2.89. The van der Waals surface area contributed by atoms with E-state index in [1.807, 2.05) is 54.6 Å². The Bertz CT molecular complexity index is 730. The topological polar surface area (TPSA) is 61.4 Å². The third kappa shape index (κ3) is 3.56. The van der Waals surface area contributed by atoms with Gasteiger partial charge in [0.2, 0.25) is 5.91 Å². The van der Waals surface area contributed by atoms with Crippen LogP contribution in [0.25, 0.3) is 0 Å². The molecule has 3 rings (SSSR count). The molecule has 1 aliphatic rings. The number of benzene rings is 2. The first-order valence-corrected chi connectivity index (χ1v) is 8.13. The quantitative estimate of drug-likeness (QED) is 0.908. The lowest BCUT2D eigenvalue weighted by atomic mass is 10.2. The van der Waals surface area contributed by atoms with Crippen LogP contribution in [0.1, 0.15) is 18.1 Å². The van der Waals surface area contributed by atoms with E-state index in [1.54, 1.807) is 11.8 Å². The van der Waals surface area contributed by atoms with E-state index in [0.717, 1.165) is 17.7 Å². The minimum atomic E-state index is -0.577. The third-order valence-electron chi connectivity index (χ3n) is 4.17. The second-order valence-corrected chi connectivity index (χ2v) is 5.90. The smallest absolute Gasteiger partial charge is 0.315 e. The minimum absolute atomic E-state index is 0.0881. The van der Waals surface area contributed by atoms with Crippen molar-refractivity contribution in [1.82, 2.24) is 10.6 Å². The van der Waals surface area contributed by atoms with Gasteiger partial charge in [0.15, 0.2) is 0 Å². The van der Waals surface area contributed by atoms with Gasteiger partial charge >= 0.3 is 6.03 Å². The average Bonchev–Trinajstić information content (AvgIpc) is 3.04. The van der Waals surface area contributed by atoms with E-state index in [4.69, 9.17) is 0 Å². The Labute approximate surface area is 141 Å². The van der Waals surface area contributed by atoms with Gasteiger partial charge in [-0.15, -0.1) is 0 Å². The number of anilines is 1. The number of urea groups is 1. The fraction of sp³-hybridized carbons (Fsp3) is 0.263. The van der Waals surface area contributed by atoms with Gasteiger partial charge in [0.05, 0.1) is 0 Å². The van der Waals surface area contributed by atoms with Gasteiger partial charge in [0.1, 0.15) is 6.04 Å². The highest BCUT2D eigenvalue weighted by Gasteiger charge is 2.28. The average molecular weight is 323 g/mol. The summed E-state index contributed by atoms with van der Waals surface area (Å²) in [5.41, 5.74) is 3.13. The van der Waals surface area contributed by atoms with Crippen molar-refractivity contribution >= 4 is 17.6 Å². The summed E-state index contributed by atoms with van der Waals surface area (Å²) < 4.78 is 0. The normalized spacial score (nSPS) is 14.0. The molecule has 3 amide bonds. The molecule has 0 spiro atoms. The third-order valence-corrected chi connectivity index (χ3v) is 4.17. The Kier molecular flexibility index (Phi) is 4.79. The first-order chi connectivity index (χ1) is 11.6. The summed E-state index contributed by atoms with van der Waals surface area (Å²) in [7, 11) is 0. The van der Waals surface area contributed by atoms with E-state index in [0.29, 0.717) is 13.1 Å². The Morgan fingerprint density at radius 2 is 1.79 bits per heavy atom. The van der Waals surface area contributed by atoms with E-state index < -0.39 is 6.04 Å². The number of hydrogen-bond donors (Lipinski definition) is 2. The molecule has 1 atom stereocenters. The van der Waals surface area contributed by atoms with Crippen LogP contribution in [0, 0.1) is 0 Å². The molecular formula is C19H21N3O2. The van der Waals surface area contributed by atoms with Gasteiger partial charge in [-0.2, -0.15) is 0 Å². The van der Waals surface area contributed by atoms with E-state index in [-0.39, 0.29) is 11.9 Å². The van der Waals surface area contributed by atoms with Crippen molar-refractivity contribution in [1.29, 1.82) is 0 Å². The summed E-state index contributed by atoms with van der Waals surface area (Å²) in [4.78, 5) is 26.3. The van der Waals surface area contributed by atoms with Crippen LogP contribution in [0.3, 0.4) is 0 Å². The van der Waals surface area contributed by atoms with Gasteiger partial charge in [-0.05, 0) is 30.5 Å². The largest absolute Gasteiger partial charge is 0.334 e. The molecule has 124 valence electrons. The van der Waals surface area contributed by atoms with E-state index in [2.05, 4.69) is 10.6 Å². The summed E-state index contributed by atoms with van der Waals surface area (Å²) in [6, 6.07) is 16.6. The molecule has 2 aromatic rings. The number of rotatable bonds is 4. The first kappa shape index (κ1) is 16.1. The van der Waals surface area contributed by atoms with Crippen LogP contribution in [0.15, 0.2) is 54.6 Å². The lowest BCUT2D eigenvalue weighted by Gasteiger charge is -2.22. The maximum Gasteiger partial charge on any atom is 0.315 e. The number of hydrogen-bond acceptors (Lipinski definition) is 2. The molecule has 0 saturated carbocycles. The molecule has 0 aliphatic carbocycles. The highest BCUT2D eigenvalue weighted by atomic mass is 16.2. The predicted octanol–water partition coefficient (Wildman–Crippen LogP) is 2.46. The number of amides is 3. The Hall–Kier alpha value is -2.82. The molecule has 2 aromatic carbocycles. The van der Waals surface area contributed by atoms with E-state index >= 15 is 0 Å². The Balaban J connectivity index is 1.54. The van der Waals surface area contributed by atoms with Crippen LogP contribution in [0.4, 0.5) is 10.5 Å². The lowest BCUT2D eigenvalue weighted by molar-refractivity contribution is -0.119. The van der Waals surface area contributed by atoms with Crippen molar-refractivity contribution in [3.63, 3.8) is 0 Å². The number of carbonyl (C=O) groups excluding carboxylic acids is 2. The summed E-state index contributed by atoms with van der Waals surface area (Å²) in [6.45, 7) is 2.81. The Morgan fingerprint density at radius 3 is 2.58 bits per heavy atom. The zero-order valence-electron chi connectivity index (χ0n) is 13.7. The molecule has 0 saturated heterocycles. The Morgan fingerprint density at radius 1 is 1.08 bits per heavy atom. The van der Waals surface area contributed by atoms with Crippen LogP contribution >= 0.6 is 0 Å². The standard InChI is InChI=1S/C19H21N3O2/c1-14(21-19(24)20-13-15-7-3-2-4-8-15)18(23)22-12-11-16-9-5-6-10-17(16)22/h2-10,14H,11-13H2,1H3,(H2,20,21,24). The van der Waals surface area contributed by atoms with Crippen LogP contribution in [-0.2, 0) is 17.8 Å². The second-order valence-electron chi connectivity index (χ2n) is 5.90. The summed E-state index contributed by atoms with van der Waals surface area (Å²) in [5.74, 6) is -0.0881. The van der Waals surface area contributed by atoms with Crippen LogP contribution in [0.5, 0.6) is 0 Å². The fourth-order valence-electron chi connectivity index (χ4n) is 2.89. The molecule has 0 aromatic heterocycles.